The van der Waals surface area contributed by atoms with E-state index >= 15 is 0 Å². The largest absolute Gasteiger partial charge is 0.398 e. The van der Waals surface area contributed by atoms with E-state index in [9.17, 15) is 4.79 Å². The van der Waals surface area contributed by atoms with Crippen LogP contribution in [0, 0.1) is 13.8 Å². The number of benzene rings is 1. The summed E-state index contributed by atoms with van der Waals surface area (Å²) in [5, 5.41) is 4.22. The zero-order chi connectivity index (χ0) is 12.6. The first-order valence-electron chi connectivity index (χ1n) is 5.09. The molecule has 0 fully saturated rings. The Morgan fingerprint density at radius 2 is 2.06 bits per heavy atom. The molecule has 1 aromatic heterocycles. The number of nitrogen functional groups attached to an aromatic ring is 1. The van der Waals surface area contributed by atoms with Crippen LogP contribution in [0.2, 0.25) is 0 Å². The summed E-state index contributed by atoms with van der Waals surface area (Å²) >= 11 is 0. The third kappa shape index (κ3) is 1.96. The van der Waals surface area contributed by atoms with Crippen molar-refractivity contribution in [3.8, 4) is 5.69 Å². The maximum atomic E-state index is 11.2. The predicted molar refractivity (Wildman–Crippen MR) is 63.8 cm³/mol. The number of hydrogen-bond acceptors (Lipinski definition) is 4. The molecule has 1 heterocycles. The Morgan fingerprint density at radius 3 is 2.59 bits per heavy atom. The van der Waals surface area contributed by atoms with E-state index in [0.29, 0.717) is 17.2 Å². The van der Waals surface area contributed by atoms with Crippen LogP contribution in [0.25, 0.3) is 5.69 Å². The zero-order valence-electron chi connectivity index (χ0n) is 9.64. The van der Waals surface area contributed by atoms with Crippen LogP contribution in [0.15, 0.2) is 18.2 Å². The van der Waals surface area contributed by atoms with Gasteiger partial charge in [0.1, 0.15) is 11.6 Å². The molecule has 17 heavy (non-hydrogen) atoms. The van der Waals surface area contributed by atoms with Gasteiger partial charge in [-0.25, -0.2) is 9.67 Å². The lowest BCUT2D eigenvalue weighted by molar-refractivity contribution is 0.100. The minimum Gasteiger partial charge on any atom is -0.398 e. The minimum absolute atomic E-state index is 0.287. The fourth-order valence-corrected chi connectivity index (χ4v) is 1.65. The van der Waals surface area contributed by atoms with E-state index in [1.165, 1.54) is 0 Å². The number of nitrogens with zero attached hydrogens (tertiary/aromatic N) is 3. The number of carbonyl (C=O) groups is 1. The fraction of sp³-hybridized carbons (Fsp3) is 0.182. The zero-order valence-corrected chi connectivity index (χ0v) is 9.64. The third-order valence-electron chi connectivity index (χ3n) is 2.42. The number of hydrogen-bond donors (Lipinski definition) is 2. The molecule has 1 aromatic carbocycles. The van der Waals surface area contributed by atoms with Crippen LogP contribution >= 0.6 is 0 Å². The quantitative estimate of drug-likeness (QED) is 0.738. The second kappa shape index (κ2) is 3.89. The third-order valence-corrected chi connectivity index (χ3v) is 2.42. The number of primary amides is 1. The Kier molecular flexibility index (Phi) is 2.55. The average molecular weight is 231 g/mol. The van der Waals surface area contributed by atoms with Gasteiger partial charge in [-0.2, -0.15) is 5.10 Å². The highest BCUT2D eigenvalue weighted by Gasteiger charge is 2.10. The highest BCUT2D eigenvalue weighted by molar-refractivity contribution is 5.98. The van der Waals surface area contributed by atoms with Gasteiger partial charge in [0.05, 0.1) is 11.3 Å². The van der Waals surface area contributed by atoms with Crippen molar-refractivity contribution in [2.75, 3.05) is 5.73 Å². The molecule has 0 atom stereocenters. The molecule has 0 unspecified atom stereocenters. The lowest BCUT2D eigenvalue weighted by Gasteiger charge is -2.06. The molecule has 88 valence electrons. The lowest BCUT2D eigenvalue weighted by Crippen LogP contribution is -2.14. The highest BCUT2D eigenvalue weighted by Crippen LogP contribution is 2.17. The van der Waals surface area contributed by atoms with E-state index < -0.39 is 5.91 Å². The van der Waals surface area contributed by atoms with Gasteiger partial charge in [-0.05, 0) is 32.0 Å². The fourth-order valence-electron chi connectivity index (χ4n) is 1.65. The highest BCUT2D eigenvalue weighted by atomic mass is 16.1. The summed E-state index contributed by atoms with van der Waals surface area (Å²) in [4.78, 5) is 15.4. The number of amides is 1. The number of aryl methyl sites for hydroxylation is 2. The van der Waals surface area contributed by atoms with E-state index in [1.807, 2.05) is 6.92 Å². The molecule has 0 radical (unpaired) electrons. The molecule has 0 aliphatic carbocycles. The Bertz CT molecular complexity index is 588. The smallest absolute Gasteiger partial charge is 0.250 e. The molecular weight excluding hydrogens is 218 g/mol. The molecular formula is C11H13N5O. The topological polar surface area (TPSA) is 99.8 Å². The Balaban J connectivity index is 2.57. The van der Waals surface area contributed by atoms with E-state index in [-0.39, 0.29) is 5.56 Å². The summed E-state index contributed by atoms with van der Waals surface area (Å²) in [6.07, 6.45) is 0. The lowest BCUT2D eigenvalue weighted by atomic mass is 10.1. The second-order valence-electron chi connectivity index (χ2n) is 3.75. The van der Waals surface area contributed by atoms with Gasteiger partial charge in [-0.15, -0.1) is 0 Å². The van der Waals surface area contributed by atoms with Crippen molar-refractivity contribution in [1.29, 1.82) is 0 Å². The number of nitrogens with two attached hydrogens (primary N) is 2. The van der Waals surface area contributed by atoms with E-state index in [2.05, 4.69) is 10.1 Å². The van der Waals surface area contributed by atoms with Gasteiger partial charge in [0, 0.05) is 5.69 Å². The van der Waals surface area contributed by atoms with Crippen molar-refractivity contribution in [1.82, 2.24) is 14.8 Å². The van der Waals surface area contributed by atoms with Crippen LogP contribution in [0.5, 0.6) is 0 Å². The van der Waals surface area contributed by atoms with Gasteiger partial charge in [0.2, 0.25) is 0 Å². The van der Waals surface area contributed by atoms with Gasteiger partial charge in [-0.1, -0.05) is 0 Å². The number of rotatable bonds is 2. The van der Waals surface area contributed by atoms with E-state index in [1.54, 1.807) is 29.8 Å². The molecule has 0 spiro atoms. The molecule has 0 aliphatic rings. The summed E-state index contributed by atoms with van der Waals surface area (Å²) in [5.41, 5.74) is 12.3. The standard InChI is InChI=1S/C11H13N5O/c1-6-14-7(2)16(15-6)8-3-4-10(12)9(5-8)11(13)17/h3-5H,12H2,1-2H3,(H2,13,17). The van der Waals surface area contributed by atoms with Crippen LogP contribution in [-0.2, 0) is 0 Å². The molecule has 4 N–H and O–H groups in total. The molecule has 0 saturated heterocycles. The number of anilines is 1. The Labute approximate surface area is 98.3 Å². The van der Waals surface area contributed by atoms with Crippen molar-refractivity contribution >= 4 is 11.6 Å². The van der Waals surface area contributed by atoms with E-state index in [0.717, 1.165) is 5.82 Å². The summed E-state index contributed by atoms with van der Waals surface area (Å²) < 4.78 is 1.64. The Hall–Kier alpha value is -2.37. The molecule has 1 amide bonds. The summed E-state index contributed by atoms with van der Waals surface area (Å²) in [5.74, 6) is 0.849. The summed E-state index contributed by atoms with van der Waals surface area (Å²) in [6, 6.07) is 5.01. The maximum Gasteiger partial charge on any atom is 0.250 e. The maximum absolute atomic E-state index is 11.2. The van der Waals surface area contributed by atoms with Crippen LogP contribution in [-0.4, -0.2) is 20.7 Å². The number of aromatic nitrogens is 3. The first-order valence-corrected chi connectivity index (χ1v) is 5.09. The van der Waals surface area contributed by atoms with Crippen LogP contribution in [0.3, 0.4) is 0 Å². The SMILES string of the molecule is Cc1nc(C)n(-c2ccc(N)c(C(N)=O)c2)n1. The second-order valence-corrected chi connectivity index (χ2v) is 3.75. The van der Waals surface area contributed by atoms with E-state index in [4.69, 9.17) is 11.5 Å². The minimum atomic E-state index is -0.557. The molecule has 6 nitrogen and oxygen atoms in total. The Morgan fingerprint density at radius 1 is 1.35 bits per heavy atom. The van der Waals surface area contributed by atoms with Gasteiger partial charge in [-0.3, -0.25) is 4.79 Å². The van der Waals surface area contributed by atoms with Crippen LogP contribution < -0.4 is 11.5 Å². The number of carbonyl (C=O) groups excluding carboxylic acids is 1. The first-order chi connectivity index (χ1) is 7.99. The van der Waals surface area contributed by atoms with Crippen LogP contribution in [0.4, 0.5) is 5.69 Å². The van der Waals surface area contributed by atoms with Crippen molar-refractivity contribution in [2.45, 2.75) is 13.8 Å². The van der Waals surface area contributed by atoms with Crippen molar-refractivity contribution < 1.29 is 4.79 Å². The molecule has 2 rings (SSSR count). The van der Waals surface area contributed by atoms with Crippen molar-refractivity contribution in [3.63, 3.8) is 0 Å². The molecule has 0 saturated carbocycles. The molecule has 6 heteroatoms. The monoisotopic (exact) mass is 231 g/mol. The van der Waals surface area contributed by atoms with Gasteiger partial charge >= 0.3 is 0 Å². The van der Waals surface area contributed by atoms with Crippen LogP contribution in [0.1, 0.15) is 22.0 Å². The van der Waals surface area contributed by atoms with Gasteiger partial charge in [0.25, 0.3) is 5.91 Å². The summed E-state index contributed by atoms with van der Waals surface area (Å²) in [7, 11) is 0. The first kappa shape index (κ1) is 11.1. The van der Waals surface area contributed by atoms with Crippen molar-refractivity contribution in [3.05, 3.63) is 35.4 Å². The van der Waals surface area contributed by atoms with Gasteiger partial charge in [0.15, 0.2) is 0 Å². The molecule has 0 aliphatic heterocycles. The normalized spacial score (nSPS) is 10.5. The predicted octanol–water partition coefficient (Wildman–Crippen LogP) is 0.565. The molecule has 0 bridgehead atoms. The van der Waals surface area contributed by atoms with Crippen molar-refractivity contribution in [2.24, 2.45) is 5.73 Å². The summed E-state index contributed by atoms with van der Waals surface area (Å²) in [6.45, 7) is 3.64. The van der Waals surface area contributed by atoms with Gasteiger partial charge < -0.3 is 11.5 Å². The molecule has 2 aromatic rings. The average Bonchev–Trinajstić information content (AvgIpc) is 2.58.